The van der Waals surface area contributed by atoms with Crippen LogP contribution in [0.25, 0.3) is 0 Å². The number of nitrogens with two attached hydrogens (primary N) is 1. The normalized spacial score (nSPS) is 19.9. The van der Waals surface area contributed by atoms with Gasteiger partial charge in [-0.3, -0.25) is 0 Å². The summed E-state index contributed by atoms with van der Waals surface area (Å²) in [6.07, 6.45) is 0.783. The maximum Gasteiger partial charge on any atom is 0.241 e. The van der Waals surface area contributed by atoms with E-state index in [1.807, 2.05) is 18.2 Å². The lowest BCUT2D eigenvalue weighted by Crippen LogP contribution is -2.28. The maximum atomic E-state index is 13.2. The minimum absolute atomic E-state index is 0.0399. The fraction of sp³-hybridized carbons (Fsp3) is 0.176. The molecule has 3 N–H and O–H groups in total. The number of anilines is 2. The van der Waals surface area contributed by atoms with Crippen molar-refractivity contribution in [1.29, 1.82) is 0 Å². The lowest BCUT2D eigenvalue weighted by molar-refractivity contribution is 0.431. The molecule has 0 aliphatic carbocycles. The summed E-state index contributed by atoms with van der Waals surface area (Å²) in [6, 6.07) is 16.7. The highest BCUT2D eigenvalue weighted by Crippen LogP contribution is 2.37. The minimum atomic E-state index is -0.249. The molecule has 0 saturated carbocycles. The van der Waals surface area contributed by atoms with Gasteiger partial charge in [0.05, 0.1) is 12.1 Å². The maximum absolute atomic E-state index is 13.2. The van der Waals surface area contributed by atoms with Crippen LogP contribution in [0.3, 0.4) is 0 Å². The molecular weight excluding hydrogens is 293 g/mol. The molecule has 0 amide bonds. The average Bonchev–Trinajstić information content (AvgIpc) is 2.96. The van der Waals surface area contributed by atoms with Crippen LogP contribution in [0.4, 0.5) is 16.3 Å². The largest absolute Gasteiger partial charge is 0.366 e. The van der Waals surface area contributed by atoms with Gasteiger partial charge in [-0.1, -0.05) is 42.5 Å². The second kappa shape index (κ2) is 5.39. The molecule has 5 nitrogen and oxygen atoms in total. The molecule has 1 aliphatic rings. The van der Waals surface area contributed by atoms with Crippen molar-refractivity contribution in [2.24, 2.45) is 0 Å². The molecule has 2 heterocycles. The summed E-state index contributed by atoms with van der Waals surface area (Å²) in [5.41, 5.74) is 7.92. The predicted molar refractivity (Wildman–Crippen MR) is 86.4 cm³/mol. The van der Waals surface area contributed by atoms with Crippen LogP contribution >= 0.6 is 0 Å². The van der Waals surface area contributed by atoms with Crippen molar-refractivity contribution in [3.63, 3.8) is 0 Å². The van der Waals surface area contributed by atoms with E-state index >= 15 is 0 Å². The topological polar surface area (TPSA) is 68.8 Å². The Bertz CT molecular complexity index is 813. The highest BCUT2D eigenvalue weighted by molar-refractivity contribution is 5.41. The lowest BCUT2D eigenvalue weighted by Gasteiger charge is -2.31. The number of nitrogens with zero attached hydrogens (tertiary/aromatic N) is 3. The Balaban J connectivity index is 1.76. The van der Waals surface area contributed by atoms with E-state index in [0.717, 1.165) is 12.0 Å². The molecule has 0 unspecified atom stereocenters. The number of aromatic nitrogens is 3. The van der Waals surface area contributed by atoms with Gasteiger partial charge in [0.1, 0.15) is 5.82 Å². The van der Waals surface area contributed by atoms with E-state index in [1.54, 1.807) is 16.8 Å². The number of halogens is 1. The first kappa shape index (κ1) is 13.8. The SMILES string of the molecule is Nc1nc2n(n1)[C@@H](c1ccc(F)cc1)C[C@H](c1ccccc1)N2. The molecule has 1 aromatic heterocycles. The monoisotopic (exact) mass is 309 g/mol. The van der Waals surface area contributed by atoms with Crippen molar-refractivity contribution in [2.75, 3.05) is 11.1 Å². The van der Waals surface area contributed by atoms with E-state index in [2.05, 4.69) is 27.5 Å². The van der Waals surface area contributed by atoms with Crippen LogP contribution in [0.2, 0.25) is 0 Å². The van der Waals surface area contributed by atoms with E-state index in [0.29, 0.717) is 5.95 Å². The number of fused-ring (bicyclic) bond motifs is 1. The summed E-state index contributed by atoms with van der Waals surface area (Å²) < 4.78 is 15.0. The van der Waals surface area contributed by atoms with Crippen LogP contribution in [0.5, 0.6) is 0 Å². The molecule has 4 rings (SSSR count). The van der Waals surface area contributed by atoms with Crippen molar-refractivity contribution in [3.05, 3.63) is 71.5 Å². The molecular formula is C17H16FN5. The summed E-state index contributed by atoms with van der Waals surface area (Å²) in [5, 5.41) is 7.67. The van der Waals surface area contributed by atoms with Gasteiger partial charge in [0.15, 0.2) is 0 Å². The Kier molecular flexibility index (Phi) is 3.22. The second-order valence-corrected chi connectivity index (χ2v) is 5.65. The first-order chi connectivity index (χ1) is 11.2. The molecule has 116 valence electrons. The van der Waals surface area contributed by atoms with Gasteiger partial charge in [-0.2, -0.15) is 4.98 Å². The third-order valence-corrected chi connectivity index (χ3v) is 4.16. The van der Waals surface area contributed by atoms with Gasteiger partial charge in [0.2, 0.25) is 11.9 Å². The third kappa shape index (κ3) is 2.52. The van der Waals surface area contributed by atoms with Gasteiger partial charge in [0.25, 0.3) is 0 Å². The van der Waals surface area contributed by atoms with Crippen molar-refractivity contribution in [3.8, 4) is 0 Å². The van der Waals surface area contributed by atoms with E-state index in [-0.39, 0.29) is 23.8 Å². The second-order valence-electron chi connectivity index (χ2n) is 5.65. The number of rotatable bonds is 2. The summed E-state index contributed by atoms with van der Waals surface area (Å²) in [6.45, 7) is 0. The summed E-state index contributed by atoms with van der Waals surface area (Å²) in [4.78, 5) is 4.26. The Morgan fingerprint density at radius 3 is 2.52 bits per heavy atom. The highest BCUT2D eigenvalue weighted by atomic mass is 19.1. The fourth-order valence-electron chi connectivity index (χ4n) is 3.06. The Hall–Kier alpha value is -2.89. The summed E-state index contributed by atoms with van der Waals surface area (Å²) in [7, 11) is 0. The molecule has 0 fully saturated rings. The Morgan fingerprint density at radius 1 is 1.04 bits per heavy atom. The molecule has 1 aliphatic heterocycles. The Morgan fingerprint density at radius 2 is 1.78 bits per heavy atom. The lowest BCUT2D eigenvalue weighted by atomic mass is 9.93. The van der Waals surface area contributed by atoms with Crippen LogP contribution in [0.15, 0.2) is 54.6 Å². The van der Waals surface area contributed by atoms with Crippen LogP contribution in [0.1, 0.15) is 29.6 Å². The van der Waals surface area contributed by atoms with Crippen LogP contribution in [-0.4, -0.2) is 14.8 Å². The molecule has 0 saturated heterocycles. The molecule has 0 radical (unpaired) electrons. The van der Waals surface area contributed by atoms with E-state index in [1.165, 1.54) is 17.7 Å². The van der Waals surface area contributed by atoms with Crippen molar-refractivity contribution in [2.45, 2.75) is 18.5 Å². The first-order valence-corrected chi connectivity index (χ1v) is 7.49. The van der Waals surface area contributed by atoms with Crippen molar-refractivity contribution < 1.29 is 4.39 Å². The van der Waals surface area contributed by atoms with Crippen molar-refractivity contribution >= 4 is 11.9 Å². The minimum Gasteiger partial charge on any atom is -0.366 e. The zero-order chi connectivity index (χ0) is 15.8. The van der Waals surface area contributed by atoms with Gasteiger partial charge in [0, 0.05) is 0 Å². The van der Waals surface area contributed by atoms with Gasteiger partial charge in [-0.15, -0.1) is 5.10 Å². The third-order valence-electron chi connectivity index (χ3n) is 4.16. The van der Waals surface area contributed by atoms with E-state index in [9.17, 15) is 4.39 Å². The molecule has 2 atom stereocenters. The summed E-state index contributed by atoms with van der Waals surface area (Å²) in [5.74, 6) is 0.617. The molecule has 3 aromatic rings. The number of nitrogens with one attached hydrogen (secondary N) is 1. The summed E-state index contributed by atoms with van der Waals surface area (Å²) >= 11 is 0. The smallest absolute Gasteiger partial charge is 0.241 e. The Labute approximate surface area is 133 Å². The highest BCUT2D eigenvalue weighted by Gasteiger charge is 2.30. The molecule has 23 heavy (non-hydrogen) atoms. The molecule has 0 spiro atoms. The van der Waals surface area contributed by atoms with Crippen LogP contribution in [-0.2, 0) is 0 Å². The fourth-order valence-corrected chi connectivity index (χ4v) is 3.06. The predicted octanol–water partition coefficient (Wildman–Crippen LogP) is 3.15. The first-order valence-electron chi connectivity index (χ1n) is 7.49. The van der Waals surface area contributed by atoms with Gasteiger partial charge < -0.3 is 11.1 Å². The van der Waals surface area contributed by atoms with E-state index in [4.69, 9.17) is 5.73 Å². The molecule has 6 heteroatoms. The average molecular weight is 309 g/mol. The van der Waals surface area contributed by atoms with Crippen molar-refractivity contribution in [1.82, 2.24) is 14.8 Å². The zero-order valence-corrected chi connectivity index (χ0v) is 12.4. The van der Waals surface area contributed by atoms with E-state index < -0.39 is 0 Å². The standard InChI is InChI=1S/C17H16FN5/c18-13-8-6-12(7-9-13)15-10-14(11-4-2-1-3-5-11)20-17-21-16(19)22-23(15)17/h1-9,14-15H,10H2,(H3,19,20,21,22)/t14-,15-/m1/s1. The zero-order valence-electron chi connectivity index (χ0n) is 12.4. The number of benzene rings is 2. The van der Waals surface area contributed by atoms with Crippen LogP contribution < -0.4 is 11.1 Å². The number of hydrogen-bond acceptors (Lipinski definition) is 4. The quantitative estimate of drug-likeness (QED) is 0.763. The van der Waals surface area contributed by atoms with Gasteiger partial charge in [-0.05, 0) is 29.7 Å². The molecule has 0 bridgehead atoms. The van der Waals surface area contributed by atoms with Gasteiger partial charge in [-0.25, -0.2) is 9.07 Å². The number of nitrogen functional groups attached to an aromatic ring is 1. The molecule has 2 aromatic carbocycles. The van der Waals surface area contributed by atoms with Crippen LogP contribution in [0, 0.1) is 5.82 Å². The van der Waals surface area contributed by atoms with Gasteiger partial charge >= 0.3 is 0 Å². The number of hydrogen-bond donors (Lipinski definition) is 2.